The molecule has 0 radical (unpaired) electrons. The van der Waals surface area contributed by atoms with E-state index in [9.17, 15) is 4.79 Å². The molecule has 0 atom stereocenters. The van der Waals surface area contributed by atoms with E-state index in [4.69, 9.17) is 5.73 Å². The summed E-state index contributed by atoms with van der Waals surface area (Å²) < 4.78 is 3.36. The highest BCUT2D eigenvalue weighted by Crippen LogP contribution is 2.43. The van der Waals surface area contributed by atoms with Crippen LogP contribution in [-0.4, -0.2) is 10.5 Å². The van der Waals surface area contributed by atoms with E-state index in [1.165, 1.54) is 18.5 Å². The van der Waals surface area contributed by atoms with E-state index in [-0.39, 0.29) is 5.91 Å². The summed E-state index contributed by atoms with van der Waals surface area (Å²) in [7, 11) is 0. The molecule has 21 heavy (non-hydrogen) atoms. The number of carbonyl (C=O) groups excluding carboxylic acids is 1. The summed E-state index contributed by atoms with van der Waals surface area (Å²) in [5, 5.41) is 0. The highest BCUT2D eigenvalue weighted by atomic mass is 79.9. The van der Waals surface area contributed by atoms with E-state index < -0.39 is 0 Å². The zero-order chi connectivity index (χ0) is 15.1. The molecule has 1 amide bonds. The Morgan fingerprint density at radius 1 is 1.33 bits per heavy atom. The second-order valence-electron chi connectivity index (χ2n) is 5.61. The van der Waals surface area contributed by atoms with Gasteiger partial charge in [-0.15, -0.1) is 0 Å². The van der Waals surface area contributed by atoms with E-state index in [0.717, 1.165) is 27.7 Å². The fraction of sp³-hybridized carbons (Fsp3) is 0.353. The minimum atomic E-state index is -0.334. The van der Waals surface area contributed by atoms with Gasteiger partial charge in [-0.1, -0.05) is 35.0 Å². The number of hydrogen-bond donors (Lipinski definition) is 1. The van der Waals surface area contributed by atoms with Gasteiger partial charge in [0.15, 0.2) is 0 Å². The molecule has 0 aliphatic heterocycles. The van der Waals surface area contributed by atoms with Crippen LogP contribution in [0.1, 0.15) is 47.6 Å². The lowest BCUT2D eigenvalue weighted by Gasteiger charge is -2.10. The Balaban J connectivity index is 2.28. The van der Waals surface area contributed by atoms with E-state index in [1.54, 1.807) is 0 Å². The third kappa shape index (κ3) is 2.42. The van der Waals surface area contributed by atoms with Gasteiger partial charge in [-0.05, 0) is 43.9 Å². The number of nitrogens with two attached hydrogens (primary N) is 1. The number of amides is 1. The topological polar surface area (TPSA) is 48.0 Å². The van der Waals surface area contributed by atoms with Gasteiger partial charge >= 0.3 is 0 Å². The third-order valence-corrected chi connectivity index (χ3v) is 4.71. The summed E-state index contributed by atoms with van der Waals surface area (Å²) in [6.45, 7) is 4.15. The summed E-state index contributed by atoms with van der Waals surface area (Å²) in [6, 6.07) is 8.64. The molecule has 1 aliphatic rings. The van der Waals surface area contributed by atoms with Crippen molar-refractivity contribution in [1.29, 1.82) is 0 Å². The predicted octanol–water partition coefficient (Wildman–Crippen LogP) is 4.22. The average Bonchev–Trinajstić information content (AvgIpc) is 3.23. The molecule has 2 aromatic rings. The Hall–Kier alpha value is -1.55. The zero-order valence-corrected chi connectivity index (χ0v) is 13.9. The van der Waals surface area contributed by atoms with Crippen LogP contribution in [0.15, 0.2) is 28.7 Å². The summed E-state index contributed by atoms with van der Waals surface area (Å²) >= 11 is 3.46. The predicted molar refractivity (Wildman–Crippen MR) is 88.5 cm³/mol. The van der Waals surface area contributed by atoms with Crippen molar-refractivity contribution >= 4 is 21.8 Å². The van der Waals surface area contributed by atoms with Gasteiger partial charge in [-0.2, -0.15) is 0 Å². The largest absolute Gasteiger partial charge is 0.366 e. The van der Waals surface area contributed by atoms with Crippen molar-refractivity contribution < 1.29 is 4.79 Å². The minimum absolute atomic E-state index is 0.334. The van der Waals surface area contributed by atoms with Gasteiger partial charge < -0.3 is 10.3 Å². The summed E-state index contributed by atoms with van der Waals surface area (Å²) in [6.07, 6.45) is 3.29. The number of benzene rings is 1. The van der Waals surface area contributed by atoms with Gasteiger partial charge in [-0.3, -0.25) is 4.79 Å². The molecule has 2 N–H and O–H groups in total. The first-order valence-electron chi connectivity index (χ1n) is 7.34. The van der Waals surface area contributed by atoms with Crippen molar-refractivity contribution in [2.45, 2.75) is 39.2 Å². The van der Waals surface area contributed by atoms with Gasteiger partial charge in [0, 0.05) is 27.5 Å². The summed E-state index contributed by atoms with van der Waals surface area (Å²) in [4.78, 5) is 12.0. The van der Waals surface area contributed by atoms with Gasteiger partial charge in [0.2, 0.25) is 0 Å². The van der Waals surface area contributed by atoms with Crippen LogP contribution in [0.4, 0.5) is 0 Å². The van der Waals surface area contributed by atoms with Crippen LogP contribution in [0.25, 0.3) is 11.1 Å². The fourth-order valence-electron chi connectivity index (χ4n) is 3.17. The maximum Gasteiger partial charge on any atom is 0.251 e. The molecule has 3 rings (SSSR count). The fourth-order valence-corrected chi connectivity index (χ4v) is 3.44. The molecular weight excluding hydrogens is 328 g/mol. The van der Waals surface area contributed by atoms with E-state index in [2.05, 4.69) is 27.4 Å². The van der Waals surface area contributed by atoms with Crippen LogP contribution in [0.2, 0.25) is 0 Å². The normalized spacial score (nSPS) is 14.4. The minimum Gasteiger partial charge on any atom is -0.366 e. The quantitative estimate of drug-likeness (QED) is 0.884. The van der Waals surface area contributed by atoms with E-state index in [1.807, 2.05) is 31.2 Å². The Bertz CT molecular complexity index is 697. The first-order chi connectivity index (χ1) is 10.0. The number of aromatic nitrogens is 1. The molecule has 4 heteroatoms. The molecule has 0 unspecified atom stereocenters. The second-order valence-corrected chi connectivity index (χ2v) is 6.52. The van der Waals surface area contributed by atoms with Crippen LogP contribution < -0.4 is 5.73 Å². The highest BCUT2D eigenvalue weighted by Gasteiger charge is 2.32. The third-order valence-electron chi connectivity index (χ3n) is 4.18. The summed E-state index contributed by atoms with van der Waals surface area (Å²) in [5.41, 5.74) is 10.7. The monoisotopic (exact) mass is 346 g/mol. The Morgan fingerprint density at radius 2 is 1.95 bits per heavy atom. The van der Waals surface area contributed by atoms with Crippen molar-refractivity contribution in [3.63, 3.8) is 0 Å². The maximum absolute atomic E-state index is 12.0. The number of rotatable bonds is 4. The number of halogens is 1. The second kappa shape index (κ2) is 5.34. The first-order valence-corrected chi connectivity index (χ1v) is 8.13. The molecule has 1 aromatic heterocycles. The van der Waals surface area contributed by atoms with Crippen molar-refractivity contribution in [2.24, 2.45) is 5.73 Å². The lowest BCUT2D eigenvalue weighted by molar-refractivity contribution is 0.1000. The SMILES string of the molecule is CCc1c(-c2ccc(Br)cc2)c(C(N)=O)c(C)n1C1CC1. The van der Waals surface area contributed by atoms with Gasteiger partial charge in [0.25, 0.3) is 5.91 Å². The van der Waals surface area contributed by atoms with Crippen LogP contribution in [0.3, 0.4) is 0 Å². The molecule has 1 aliphatic carbocycles. The van der Waals surface area contributed by atoms with E-state index >= 15 is 0 Å². The molecule has 1 heterocycles. The standard InChI is InChI=1S/C17H19BrN2O/c1-3-14-16(11-4-6-12(18)7-5-11)15(17(19)21)10(2)20(14)13-8-9-13/h4-7,13H,3,8-9H2,1-2H3,(H2,19,21). The maximum atomic E-state index is 12.0. The van der Waals surface area contributed by atoms with Crippen LogP contribution in [0, 0.1) is 6.92 Å². The zero-order valence-electron chi connectivity index (χ0n) is 12.3. The number of primary amides is 1. The van der Waals surface area contributed by atoms with Crippen molar-refractivity contribution in [1.82, 2.24) is 4.57 Å². The molecule has 1 saturated carbocycles. The number of hydrogen-bond acceptors (Lipinski definition) is 1. The number of carbonyl (C=O) groups is 1. The summed E-state index contributed by atoms with van der Waals surface area (Å²) in [5.74, 6) is -0.334. The van der Waals surface area contributed by atoms with Crippen molar-refractivity contribution in [3.8, 4) is 11.1 Å². The Morgan fingerprint density at radius 3 is 2.43 bits per heavy atom. The van der Waals surface area contributed by atoms with Crippen LogP contribution in [-0.2, 0) is 6.42 Å². The molecular formula is C17H19BrN2O. The van der Waals surface area contributed by atoms with Crippen molar-refractivity contribution in [2.75, 3.05) is 0 Å². The van der Waals surface area contributed by atoms with Gasteiger partial charge in [0.1, 0.15) is 0 Å². The first kappa shape index (κ1) is 14.4. The number of nitrogens with zero attached hydrogens (tertiary/aromatic N) is 1. The average molecular weight is 347 g/mol. The Kier molecular flexibility index (Phi) is 3.66. The molecule has 1 fully saturated rings. The molecule has 0 saturated heterocycles. The van der Waals surface area contributed by atoms with Crippen LogP contribution >= 0.6 is 15.9 Å². The van der Waals surface area contributed by atoms with Crippen LogP contribution in [0.5, 0.6) is 0 Å². The molecule has 0 spiro atoms. The highest BCUT2D eigenvalue weighted by molar-refractivity contribution is 9.10. The molecule has 3 nitrogen and oxygen atoms in total. The lowest BCUT2D eigenvalue weighted by atomic mass is 9.99. The smallest absolute Gasteiger partial charge is 0.251 e. The van der Waals surface area contributed by atoms with E-state index in [0.29, 0.717) is 11.6 Å². The van der Waals surface area contributed by atoms with Gasteiger partial charge in [-0.25, -0.2) is 0 Å². The molecule has 110 valence electrons. The van der Waals surface area contributed by atoms with Crippen molar-refractivity contribution in [3.05, 3.63) is 45.7 Å². The molecule has 1 aromatic carbocycles. The Labute approximate surface area is 133 Å². The lowest BCUT2D eigenvalue weighted by Crippen LogP contribution is -2.13. The van der Waals surface area contributed by atoms with Gasteiger partial charge in [0.05, 0.1) is 5.56 Å². The molecule has 0 bridgehead atoms.